The van der Waals surface area contributed by atoms with E-state index in [-0.39, 0.29) is 6.04 Å². The molecule has 1 unspecified atom stereocenters. The number of aryl methyl sites for hydroxylation is 1. The van der Waals surface area contributed by atoms with Crippen LogP contribution in [0.4, 0.5) is 0 Å². The predicted molar refractivity (Wildman–Crippen MR) is 71.9 cm³/mol. The van der Waals surface area contributed by atoms with E-state index in [9.17, 15) is 0 Å². The Morgan fingerprint density at radius 2 is 2.20 bits per heavy atom. The van der Waals surface area contributed by atoms with Gasteiger partial charge in [0.15, 0.2) is 0 Å². The van der Waals surface area contributed by atoms with Crippen molar-refractivity contribution in [3.05, 3.63) is 32.9 Å². The topological polar surface area (TPSA) is 35.2 Å². The molecule has 0 saturated heterocycles. The maximum Gasteiger partial charge on any atom is 0.0659 e. The van der Waals surface area contributed by atoms with E-state index in [0.717, 1.165) is 13.0 Å². The Morgan fingerprint density at radius 1 is 1.47 bits per heavy atom. The minimum Gasteiger partial charge on any atom is -0.379 e. The molecule has 1 atom stereocenters. The third kappa shape index (κ3) is 3.74. The van der Waals surface area contributed by atoms with E-state index in [0.29, 0.717) is 6.61 Å². The number of ether oxygens (including phenoxy) is 1. The molecule has 0 radical (unpaired) electrons. The highest BCUT2D eigenvalue weighted by molar-refractivity contribution is 14.1. The van der Waals surface area contributed by atoms with Gasteiger partial charge in [0.2, 0.25) is 0 Å². The molecule has 0 heterocycles. The number of hydrogen-bond acceptors (Lipinski definition) is 2. The standard InChI is InChI=1S/C12H18INO/c1-3-7-15-8-11(14)10-6-4-5-9(2)12(10)13/h4-6,11H,3,7-8,14H2,1-2H3. The van der Waals surface area contributed by atoms with Gasteiger partial charge in [-0.2, -0.15) is 0 Å². The molecule has 0 amide bonds. The largest absolute Gasteiger partial charge is 0.379 e. The Labute approximate surface area is 105 Å². The van der Waals surface area contributed by atoms with Crippen molar-refractivity contribution in [2.45, 2.75) is 26.3 Å². The Bertz CT molecular complexity index is 314. The van der Waals surface area contributed by atoms with E-state index in [1.807, 2.05) is 6.07 Å². The number of rotatable bonds is 5. The molecule has 0 fully saturated rings. The van der Waals surface area contributed by atoms with Crippen molar-refractivity contribution in [2.24, 2.45) is 5.73 Å². The van der Waals surface area contributed by atoms with Crippen LogP contribution in [0.15, 0.2) is 18.2 Å². The van der Waals surface area contributed by atoms with Gasteiger partial charge in [-0.05, 0) is 47.1 Å². The number of benzene rings is 1. The van der Waals surface area contributed by atoms with Crippen molar-refractivity contribution in [3.63, 3.8) is 0 Å². The Morgan fingerprint density at radius 3 is 2.87 bits per heavy atom. The first-order valence-corrected chi connectivity index (χ1v) is 6.33. The molecule has 0 aliphatic heterocycles. The fraction of sp³-hybridized carbons (Fsp3) is 0.500. The summed E-state index contributed by atoms with van der Waals surface area (Å²) in [7, 11) is 0. The summed E-state index contributed by atoms with van der Waals surface area (Å²) in [6, 6.07) is 6.22. The molecule has 0 aliphatic carbocycles. The molecule has 0 saturated carbocycles. The second-order valence-corrected chi connectivity index (χ2v) is 4.74. The van der Waals surface area contributed by atoms with Gasteiger partial charge >= 0.3 is 0 Å². The predicted octanol–water partition coefficient (Wildman–Crippen LogP) is 3.03. The third-order valence-corrected chi connectivity index (χ3v) is 3.74. The Kier molecular flexibility index (Phi) is 5.56. The lowest BCUT2D eigenvalue weighted by atomic mass is 10.1. The number of halogens is 1. The van der Waals surface area contributed by atoms with Gasteiger partial charge in [0.25, 0.3) is 0 Å². The van der Waals surface area contributed by atoms with Crippen LogP contribution in [0, 0.1) is 10.5 Å². The van der Waals surface area contributed by atoms with Gasteiger partial charge in [0.1, 0.15) is 0 Å². The van der Waals surface area contributed by atoms with Crippen LogP contribution in [0.1, 0.15) is 30.5 Å². The molecular weight excluding hydrogens is 301 g/mol. The highest BCUT2D eigenvalue weighted by Gasteiger charge is 2.10. The second kappa shape index (κ2) is 6.45. The van der Waals surface area contributed by atoms with Crippen molar-refractivity contribution >= 4 is 22.6 Å². The van der Waals surface area contributed by atoms with E-state index < -0.39 is 0 Å². The maximum atomic E-state index is 6.08. The van der Waals surface area contributed by atoms with Crippen molar-refractivity contribution in [2.75, 3.05) is 13.2 Å². The molecule has 2 nitrogen and oxygen atoms in total. The van der Waals surface area contributed by atoms with Gasteiger partial charge in [-0.3, -0.25) is 0 Å². The summed E-state index contributed by atoms with van der Waals surface area (Å²) in [6.45, 7) is 5.59. The molecule has 0 aliphatic rings. The number of hydrogen-bond donors (Lipinski definition) is 1. The summed E-state index contributed by atoms with van der Waals surface area (Å²) < 4.78 is 6.72. The molecule has 2 N–H and O–H groups in total. The minimum atomic E-state index is -0.0108. The van der Waals surface area contributed by atoms with Crippen LogP contribution in [0.5, 0.6) is 0 Å². The summed E-state index contributed by atoms with van der Waals surface area (Å²) >= 11 is 2.35. The van der Waals surface area contributed by atoms with E-state index >= 15 is 0 Å². The van der Waals surface area contributed by atoms with Crippen molar-refractivity contribution in [1.29, 1.82) is 0 Å². The van der Waals surface area contributed by atoms with Crippen LogP contribution in [0.25, 0.3) is 0 Å². The lowest BCUT2D eigenvalue weighted by Gasteiger charge is -2.15. The van der Waals surface area contributed by atoms with Crippen LogP contribution in [-0.4, -0.2) is 13.2 Å². The molecule has 0 aromatic heterocycles. The van der Waals surface area contributed by atoms with Gasteiger partial charge in [-0.15, -0.1) is 0 Å². The molecule has 15 heavy (non-hydrogen) atoms. The zero-order chi connectivity index (χ0) is 11.3. The van der Waals surface area contributed by atoms with E-state index in [1.54, 1.807) is 0 Å². The number of nitrogens with two attached hydrogens (primary N) is 1. The summed E-state index contributed by atoms with van der Waals surface area (Å²) in [6.07, 6.45) is 1.04. The van der Waals surface area contributed by atoms with E-state index in [4.69, 9.17) is 10.5 Å². The Hall–Kier alpha value is -0.130. The summed E-state index contributed by atoms with van der Waals surface area (Å²) in [4.78, 5) is 0. The molecule has 84 valence electrons. The first kappa shape index (κ1) is 12.9. The summed E-state index contributed by atoms with van der Waals surface area (Å²) in [5.41, 5.74) is 8.54. The molecule has 0 bridgehead atoms. The van der Waals surface area contributed by atoms with Gasteiger partial charge < -0.3 is 10.5 Å². The van der Waals surface area contributed by atoms with E-state index in [1.165, 1.54) is 14.7 Å². The first-order chi connectivity index (χ1) is 7.16. The van der Waals surface area contributed by atoms with Gasteiger partial charge in [-0.25, -0.2) is 0 Å². The monoisotopic (exact) mass is 319 g/mol. The van der Waals surface area contributed by atoms with Gasteiger partial charge in [0, 0.05) is 10.2 Å². The zero-order valence-electron chi connectivity index (χ0n) is 9.29. The quantitative estimate of drug-likeness (QED) is 0.669. The molecule has 1 aromatic carbocycles. The van der Waals surface area contributed by atoms with Gasteiger partial charge in [0.05, 0.1) is 12.6 Å². The molecule has 0 spiro atoms. The van der Waals surface area contributed by atoms with Crippen molar-refractivity contribution in [1.82, 2.24) is 0 Å². The van der Waals surface area contributed by atoms with Crippen molar-refractivity contribution < 1.29 is 4.74 Å². The molecular formula is C12H18INO. The van der Waals surface area contributed by atoms with Crippen molar-refractivity contribution in [3.8, 4) is 0 Å². The molecule has 1 rings (SSSR count). The SMILES string of the molecule is CCCOCC(N)c1cccc(C)c1I. The van der Waals surface area contributed by atoms with Crippen LogP contribution in [0.3, 0.4) is 0 Å². The second-order valence-electron chi connectivity index (χ2n) is 3.66. The fourth-order valence-electron chi connectivity index (χ4n) is 1.40. The smallest absolute Gasteiger partial charge is 0.0659 e. The highest BCUT2D eigenvalue weighted by Crippen LogP contribution is 2.21. The van der Waals surface area contributed by atoms with Crippen LogP contribution in [0.2, 0.25) is 0 Å². The average molecular weight is 319 g/mol. The summed E-state index contributed by atoms with van der Waals surface area (Å²) in [5.74, 6) is 0. The first-order valence-electron chi connectivity index (χ1n) is 5.25. The normalized spacial score (nSPS) is 12.8. The zero-order valence-corrected chi connectivity index (χ0v) is 11.5. The fourth-order valence-corrected chi connectivity index (χ4v) is 2.16. The maximum absolute atomic E-state index is 6.08. The highest BCUT2D eigenvalue weighted by atomic mass is 127. The summed E-state index contributed by atoms with van der Waals surface area (Å²) in [5, 5.41) is 0. The van der Waals surface area contributed by atoms with Crippen LogP contribution < -0.4 is 5.73 Å². The van der Waals surface area contributed by atoms with Crippen LogP contribution in [-0.2, 0) is 4.74 Å². The van der Waals surface area contributed by atoms with E-state index in [2.05, 4.69) is 48.6 Å². The third-order valence-electron chi connectivity index (χ3n) is 2.27. The van der Waals surface area contributed by atoms with Gasteiger partial charge in [-0.1, -0.05) is 25.1 Å². The Balaban J connectivity index is 2.65. The van der Waals surface area contributed by atoms with Crippen LogP contribution >= 0.6 is 22.6 Å². The minimum absolute atomic E-state index is 0.0108. The lowest BCUT2D eigenvalue weighted by molar-refractivity contribution is 0.121. The lowest BCUT2D eigenvalue weighted by Crippen LogP contribution is -2.18. The molecule has 1 aromatic rings. The molecule has 3 heteroatoms. The average Bonchev–Trinajstić information content (AvgIpc) is 2.22.